The third-order valence-electron chi connectivity index (χ3n) is 4.60. The Kier molecular flexibility index (Phi) is 3.39. The number of aromatic nitrogens is 1. The number of hydrogen-bond donors (Lipinski definition) is 2. The van der Waals surface area contributed by atoms with Crippen molar-refractivity contribution in [3.8, 4) is 0 Å². The van der Waals surface area contributed by atoms with Gasteiger partial charge in [0.15, 0.2) is 0 Å². The van der Waals surface area contributed by atoms with Crippen LogP contribution >= 0.6 is 0 Å². The van der Waals surface area contributed by atoms with Crippen molar-refractivity contribution in [1.82, 2.24) is 9.88 Å². The molecule has 0 bridgehead atoms. The molecule has 0 fully saturated rings. The summed E-state index contributed by atoms with van der Waals surface area (Å²) in [6.45, 7) is 1.39. The van der Waals surface area contributed by atoms with Crippen LogP contribution in [0.2, 0.25) is 0 Å². The van der Waals surface area contributed by atoms with E-state index in [1.807, 2.05) is 30.3 Å². The molecule has 23 heavy (non-hydrogen) atoms. The highest BCUT2D eigenvalue weighted by molar-refractivity contribution is 5.87. The molecule has 2 N–H and O–H groups in total. The Balaban J connectivity index is 1.84. The van der Waals surface area contributed by atoms with Crippen LogP contribution < -0.4 is 5.32 Å². The number of nitrogens with one attached hydrogen (secondary N) is 1. The number of para-hydroxylation sites is 1. The van der Waals surface area contributed by atoms with Crippen molar-refractivity contribution in [3.63, 3.8) is 0 Å². The first-order valence-electron chi connectivity index (χ1n) is 7.83. The molecular weight excluding hydrogens is 288 g/mol. The molecule has 1 aromatic heterocycles. The standard InChI is InChI=1S/C19H18N2O2/c22-19(23)16-10-15-14-8-4-5-9-17(14)21(18(15)11-20-16)12-13-6-2-1-3-7-13/h1-9,16,20H,10-12H2,(H,22,23). The molecule has 116 valence electrons. The normalized spacial score (nSPS) is 17.1. The molecule has 0 aliphatic carbocycles. The summed E-state index contributed by atoms with van der Waals surface area (Å²) in [4.78, 5) is 11.3. The molecule has 3 aromatic rings. The van der Waals surface area contributed by atoms with Crippen molar-refractivity contribution < 1.29 is 9.90 Å². The minimum Gasteiger partial charge on any atom is -0.480 e. The quantitative estimate of drug-likeness (QED) is 0.782. The largest absolute Gasteiger partial charge is 0.480 e. The Hall–Kier alpha value is -2.59. The van der Waals surface area contributed by atoms with Crippen molar-refractivity contribution in [2.45, 2.75) is 25.6 Å². The summed E-state index contributed by atoms with van der Waals surface area (Å²) in [5.74, 6) is -0.782. The lowest BCUT2D eigenvalue weighted by molar-refractivity contribution is -0.139. The fourth-order valence-corrected chi connectivity index (χ4v) is 3.48. The SMILES string of the molecule is O=C(O)C1Cc2c(n(Cc3ccccc3)c3ccccc23)CN1. The third-order valence-corrected chi connectivity index (χ3v) is 4.60. The first-order valence-corrected chi connectivity index (χ1v) is 7.83. The third kappa shape index (κ3) is 2.41. The molecule has 2 heterocycles. The predicted octanol–water partition coefficient (Wildman–Crippen LogP) is 2.79. The van der Waals surface area contributed by atoms with E-state index in [2.05, 4.69) is 34.1 Å². The van der Waals surface area contributed by atoms with Gasteiger partial charge in [0.2, 0.25) is 0 Å². The smallest absolute Gasteiger partial charge is 0.321 e. The molecule has 1 aliphatic heterocycles. The molecule has 0 amide bonds. The number of aliphatic carboxylic acids is 1. The molecule has 4 rings (SSSR count). The number of fused-ring (bicyclic) bond motifs is 3. The van der Waals surface area contributed by atoms with Crippen molar-refractivity contribution in [3.05, 3.63) is 71.4 Å². The van der Waals surface area contributed by atoms with Gasteiger partial charge >= 0.3 is 5.97 Å². The van der Waals surface area contributed by atoms with Gasteiger partial charge in [-0.3, -0.25) is 10.1 Å². The second kappa shape index (κ2) is 5.56. The Bertz CT molecular complexity index is 868. The van der Waals surface area contributed by atoms with Crippen LogP contribution in [-0.2, 0) is 24.3 Å². The van der Waals surface area contributed by atoms with Crippen LogP contribution in [0.3, 0.4) is 0 Å². The van der Waals surface area contributed by atoms with E-state index in [1.165, 1.54) is 27.7 Å². The molecule has 1 aliphatic rings. The van der Waals surface area contributed by atoms with Crippen molar-refractivity contribution in [2.75, 3.05) is 0 Å². The van der Waals surface area contributed by atoms with Crippen LogP contribution in [0.25, 0.3) is 10.9 Å². The van der Waals surface area contributed by atoms with Gasteiger partial charge in [-0.1, -0.05) is 48.5 Å². The van der Waals surface area contributed by atoms with Gasteiger partial charge in [0.1, 0.15) is 6.04 Å². The van der Waals surface area contributed by atoms with Crippen molar-refractivity contribution in [2.24, 2.45) is 0 Å². The summed E-state index contributed by atoms with van der Waals surface area (Å²) in [7, 11) is 0. The number of carbonyl (C=O) groups is 1. The van der Waals surface area contributed by atoms with Gasteiger partial charge in [-0.05, 0) is 17.2 Å². The van der Waals surface area contributed by atoms with E-state index in [0.29, 0.717) is 13.0 Å². The number of rotatable bonds is 3. The summed E-state index contributed by atoms with van der Waals surface area (Å²) in [6.07, 6.45) is 0.535. The second-order valence-electron chi connectivity index (χ2n) is 5.99. The maximum absolute atomic E-state index is 11.3. The average molecular weight is 306 g/mol. The molecular formula is C19H18N2O2. The van der Waals surface area contributed by atoms with Crippen LogP contribution in [0.15, 0.2) is 54.6 Å². The van der Waals surface area contributed by atoms with Gasteiger partial charge in [-0.2, -0.15) is 0 Å². The van der Waals surface area contributed by atoms with E-state index in [0.717, 1.165) is 6.54 Å². The summed E-state index contributed by atoms with van der Waals surface area (Å²) in [5, 5.41) is 13.6. The lowest BCUT2D eigenvalue weighted by atomic mass is 9.98. The van der Waals surface area contributed by atoms with Crippen molar-refractivity contribution in [1.29, 1.82) is 0 Å². The van der Waals surface area contributed by atoms with E-state index in [9.17, 15) is 9.90 Å². The van der Waals surface area contributed by atoms with E-state index in [4.69, 9.17) is 0 Å². The fraction of sp³-hybridized carbons (Fsp3) is 0.211. The average Bonchev–Trinajstić information content (AvgIpc) is 2.90. The van der Waals surface area contributed by atoms with Gasteiger partial charge in [0.25, 0.3) is 0 Å². The Labute approximate surface area is 134 Å². The maximum atomic E-state index is 11.3. The Morgan fingerprint density at radius 3 is 2.65 bits per heavy atom. The molecule has 4 heteroatoms. The number of carboxylic acid groups (broad SMARTS) is 1. The van der Waals surface area contributed by atoms with Gasteiger partial charge in [0.05, 0.1) is 0 Å². The lowest BCUT2D eigenvalue weighted by Gasteiger charge is -2.22. The van der Waals surface area contributed by atoms with Crippen LogP contribution in [-0.4, -0.2) is 21.7 Å². The van der Waals surface area contributed by atoms with Crippen molar-refractivity contribution >= 4 is 16.9 Å². The minimum absolute atomic E-state index is 0.501. The minimum atomic E-state index is -0.782. The lowest BCUT2D eigenvalue weighted by Crippen LogP contribution is -2.42. The molecule has 1 unspecified atom stereocenters. The van der Waals surface area contributed by atoms with E-state index < -0.39 is 12.0 Å². The molecule has 2 aromatic carbocycles. The van der Waals surface area contributed by atoms with E-state index in [-0.39, 0.29) is 0 Å². The van der Waals surface area contributed by atoms with Gasteiger partial charge in [0, 0.05) is 36.1 Å². The summed E-state index contributed by atoms with van der Waals surface area (Å²) >= 11 is 0. The highest BCUT2D eigenvalue weighted by Gasteiger charge is 2.28. The van der Waals surface area contributed by atoms with Gasteiger partial charge in [-0.25, -0.2) is 0 Å². The summed E-state index contributed by atoms with van der Waals surface area (Å²) in [5.41, 5.74) is 4.79. The highest BCUT2D eigenvalue weighted by atomic mass is 16.4. The molecule has 0 saturated carbocycles. The van der Waals surface area contributed by atoms with Gasteiger partial charge < -0.3 is 9.67 Å². The maximum Gasteiger partial charge on any atom is 0.321 e. The fourth-order valence-electron chi connectivity index (χ4n) is 3.48. The van der Waals surface area contributed by atoms with Crippen LogP contribution in [0.1, 0.15) is 16.8 Å². The number of hydrogen-bond acceptors (Lipinski definition) is 2. The van der Waals surface area contributed by atoms with Gasteiger partial charge in [-0.15, -0.1) is 0 Å². The summed E-state index contributed by atoms with van der Waals surface area (Å²) < 4.78 is 2.31. The topological polar surface area (TPSA) is 54.3 Å². The number of nitrogens with zero attached hydrogens (tertiary/aromatic N) is 1. The molecule has 0 saturated heterocycles. The Morgan fingerprint density at radius 1 is 1.13 bits per heavy atom. The first kappa shape index (κ1) is 14.0. The molecule has 0 radical (unpaired) electrons. The molecule has 0 spiro atoms. The highest BCUT2D eigenvalue weighted by Crippen LogP contribution is 2.30. The zero-order valence-electron chi connectivity index (χ0n) is 12.7. The van der Waals surface area contributed by atoms with E-state index >= 15 is 0 Å². The van der Waals surface area contributed by atoms with Crippen LogP contribution in [0.5, 0.6) is 0 Å². The monoisotopic (exact) mass is 306 g/mol. The number of benzene rings is 2. The van der Waals surface area contributed by atoms with E-state index in [1.54, 1.807) is 0 Å². The zero-order valence-corrected chi connectivity index (χ0v) is 12.7. The van der Waals surface area contributed by atoms with Crippen LogP contribution in [0.4, 0.5) is 0 Å². The molecule has 1 atom stereocenters. The molecule has 4 nitrogen and oxygen atoms in total. The van der Waals surface area contributed by atoms with Crippen LogP contribution in [0, 0.1) is 0 Å². The second-order valence-corrected chi connectivity index (χ2v) is 5.99. The zero-order chi connectivity index (χ0) is 15.8. The summed E-state index contributed by atoms with van der Waals surface area (Å²) in [6, 6.07) is 18.1. The Morgan fingerprint density at radius 2 is 1.87 bits per heavy atom. The number of carboxylic acids is 1. The first-order chi connectivity index (χ1) is 11.2. The predicted molar refractivity (Wildman–Crippen MR) is 89.4 cm³/mol.